The highest BCUT2D eigenvalue weighted by Crippen LogP contribution is 2.28. The minimum absolute atomic E-state index is 0.0504. The van der Waals surface area contributed by atoms with Gasteiger partial charge in [-0.05, 0) is 36.8 Å². The number of hydrogen-bond acceptors (Lipinski definition) is 4. The molecule has 0 spiro atoms. The highest BCUT2D eigenvalue weighted by Gasteiger charge is 2.08. The lowest BCUT2D eigenvalue weighted by atomic mass is 10.1. The third-order valence-corrected chi connectivity index (χ3v) is 5.54. The zero-order valence-corrected chi connectivity index (χ0v) is 18.1. The van der Waals surface area contributed by atoms with Crippen molar-refractivity contribution < 1.29 is 9.18 Å². The maximum absolute atomic E-state index is 13.3. The van der Waals surface area contributed by atoms with E-state index in [-0.39, 0.29) is 11.7 Å². The van der Waals surface area contributed by atoms with Crippen LogP contribution in [-0.4, -0.2) is 10.9 Å². The van der Waals surface area contributed by atoms with Crippen molar-refractivity contribution in [2.75, 3.05) is 10.6 Å². The Kier molecular flexibility index (Phi) is 8.39. The van der Waals surface area contributed by atoms with Crippen LogP contribution in [0.3, 0.4) is 0 Å². The third kappa shape index (κ3) is 6.95. The molecule has 0 bridgehead atoms. The second-order valence-electron chi connectivity index (χ2n) is 7.32. The summed E-state index contributed by atoms with van der Waals surface area (Å²) >= 11 is 1.45. The summed E-state index contributed by atoms with van der Waals surface area (Å²) in [4.78, 5) is 16.8. The van der Waals surface area contributed by atoms with E-state index >= 15 is 0 Å². The van der Waals surface area contributed by atoms with E-state index in [0.29, 0.717) is 17.2 Å². The lowest BCUT2D eigenvalue weighted by Gasteiger charge is -2.07. The molecule has 30 heavy (non-hydrogen) atoms. The molecule has 0 unspecified atom stereocenters. The van der Waals surface area contributed by atoms with Crippen molar-refractivity contribution in [3.05, 3.63) is 59.7 Å². The fourth-order valence-electron chi connectivity index (χ4n) is 3.20. The van der Waals surface area contributed by atoms with E-state index in [9.17, 15) is 9.18 Å². The topological polar surface area (TPSA) is 54.0 Å². The molecular weight excluding hydrogens is 397 g/mol. The highest BCUT2D eigenvalue weighted by atomic mass is 32.1. The second kappa shape index (κ2) is 11.5. The van der Waals surface area contributed by atoms with E-state index in [2.05, 4.69) is 22.5 Å². The van der Waals surface area contributed by atoms with Gasteiger partial charge in [-0.2, -0.15) is 0 Å². The van der Waals surface area contributed by atoms with Gasteiger partial charge in [0.05, 0.1) is 5.69 Å². The Hall–Kier alpha value is -2.73. The molecule has 0 fully saturated rings. The van der Waals surface area contributed by atoms with Crippen molar-refractivity contribution in [3.63, 3.8) is 0 Å². The smallest absolute Gasteiger partial charge is 0.224 e. The molecule has 1 aromatic heterocycles. The lowest BCUT2D eigenvalue weighted by Crippen LogP contribution is -2.11. The summed E-state index contributed by atoms with van der Waals surface area (Å²) in [6.07, 6.45) is 7.54. The molecule has 3 aromatic rings. The number of aromatic nitrogens is 1. The van der Waals surface area contributed by atoms with Crippen molar-refractivity contribution in [2.24, 2.45) is 0 Å². The van der Waals surface area contributed by atoms with E-state index in [1.54, 1.807) is 12.1 Å². The first-order chi connectivity index (χ1) is 14.6. The molecule has 1 heterocycles. The first-order valence-electron chi connectivity index (χ1n) is 10.5. The molecule has 1 amide bonds. The maximum atomic E-state index is 13.3. The summed E-state index contributed by atoms with van der Waals surface area (Å²) in [7, 11) is 0. The molecule has 6 heteroatoms. The van der Waals surface area contributed by atoms with Crippen molar-refractivity contribution >= 4 is 33.8 Å². The highest BCUT2D eigenvalue weighted by molar-refractivity contribution is 7.14. The Labute approximate surface area is 181 Å². The predicted octanol–water partition coefficient (Wildman–Crippen LogP) is 7.38. The van der Waals surface area contributed by atoms with E-state index < -0.39 is 0 Å². The van der Waals surface area contributed by atoms with Gasteiger partial charge < -0.3 is 10.6 Å². The van der Waals surface area contributed by atoms with Gasteiger partial charge in [0.1, 0.15) is 5.82 Å². The number of carbonyl (C=O) groups excluding carboxylic acids is 1. The monoisotopic (exact) mass is 425 g/mol. The zero-order valence-electron chi connectivity index (χ0n) is 17.3. The van der Waals surface area contributed by atoms with Crippen LogP contribution >= 0.6 is 11.3 Å². The van der Waals surface area contributed by atoms with Crippen LogP contribution in [-0.2, 0) is 4.79 Å². The standard InChI is InChI=1S/C24H28FN3OS/c1-2-3-4-5-6-7-14-23(29)26-20-12-8-10-18(15-20)22-17-30-24(28-22)27-21-13-9-11-19(25)16-21/h8-13,15-17H,2-7,14H2,1H3,(H,26,29)(H,27,28). The number of rotatable bonds is 11. The van der Waals surface area contributed by atoms with Gasteiger partial charge in [0, 0.05) is 28.7 Å². The SMILES string of the molecule is CCCCCCCCC(=O)Nc1cccc(-c2csc(Nc3cccc(F)c3)n2)c1. The molecule has 0 atom stereocenters. The van der Waals surface area contributed by atoms with Gasteiger partial charge >= 0.3 is 0 Å². The normalized spacial score (nSPS) is 10.7. The molecule has 0 aliphatic carbocycles. The van der Waals surface area contributed by atoms with Gasteiger partial charge in [0.25, 0.3) is 0 Å². The zero-order chi connectivity index (χ0) is 21.2. The quantitative estimate of drug-likeness (QED) is 0.315. The minimum Gasteiger partial charge on any atom is -0.331 e. The molecule has 0 aliphatic heterocycles. The van der Waals surface area contributed by atoms with Crippen LogP contribution in [0.15, 0.2) is 53.9 Å². The summed E-state index contributed by atoms with van der Waals surface area (Å²) in [5.74, 6) is -0.240. The number of thiazole rings is 1. The molecule has 0 aliphatic rings. The number of unbranched alkanes of at least 4 members (excludes halogenated alkanes) is 5. The third-order valence-electron chi connectivity index (χ3n) is 4.78. The van der Waals surface area contributed by atoms with Crippen LogP contribution in [0.1, 0.15) is 51.9 Å². The lowest BCUT2D eigenvalue weighted by molar-refractivity contribution is -0.116. The Morgan fingerprint density at radius 1 is 1.00 bits per heavy atom. The van der Waals surface area contributed by atoms with Crippen molar-refractivity contribution in [3.8, 4) is 11.3 Å². The van der Waals surface area contributed by atoms with E-state index in [1.165, 1.54) is 49.2 Å². The Morgan fingerprint density at radius 2 is 1.77 bits per heavy atom. The molecule has 2 N–H and O–H groups in total. The van der Waals surface area contributed by atoms with Gasteiger partial charge in [0.2, 0.25) is 5.91 Å². The first kappa shape index (κ1) is 22.0. The van der Waals surface area contributed by atoms with Gasteiger partial charge in [-0.3, -0.25) is 4.79 Å². The molecular formula is C24H28FN3OS. The van der Waals surface area contributed by atoms with Gasteiger partial charge in [-0.25, -0.2) is 9.37 Å². The predicted molar refractivity (Wildman–Crippen MR) is 124 cm³/mol. The summed E-state index contributed by atoms with van der Waals surface area (Å²) < 4.78 is 13.3. The molecule has 0 saturated carbocycles. The summed E-state index contributed by atoms with van der Waals surface area (Å²) in [6, 6.07) is 14.0. The van der Waals surface area contributed by atoms with Crippen molar-refractivity contribution in [1.82, 2.24) is 4.98 Å². The average Bonchev–Trinajstić information content (AvgIpc) is 3.19. The number of anilines is 3. The van der Waals surface area contributed by atoms with Crippen LogP contribution < -0.4 is 10.6 Å². The summed E-state index contributed by atoms with van der Waals surface area (Å²) in [5.41, 5.74) is 3.17. The van der Waals surface area contributed by atoms with Crippen LogP contribution in [0.2, 0.25) is 0 Å². The van der Waals surface area contributed by atoms with Gasteiger partial charge in [0.15, 0.2) is 5.13 Å². The number of benzene rings is 2. The second-order valence-corrected chi connectivity index (χ2v) is 8.18. The van der Waals surface area contributed by atoms with E-state index in [1.807, 2.05) is 29.6 Å². The van der Waals surface area contributed by atoms with Crippen LogP contribution in [0.4, 0.5) is 20.9 Å². The van der Waals surface area contributed by atoms with Gasteiger partial charge in [-0.1, -0.05) is 57.2 Å². The molecule has 0 radical (unpaired) electrons. The van der Waals surface area contributed by atoms with Crippen molar-refractivity contribution in [1.29, 1.82) is 0 Å². The Bertz CT molecular complexity index is 957. The number of amides is 1. The van der Waals surface area contributed by atoms with Gasteiger partial charge in [-0.15, -0.1) is 11.3 Å². The van der Waals surface area contributed by atoms with Crippen LogP contribution in [0.25, 0.3) is 11.3 Å². The first-order valence-corrected chi connectivity index (χ1v) is 11.4. The molecule has 4 nitrogen and oxygen atoms in total. The maximum Gasteiger partial charge on any atom is 0.224 e. The number of carbonyl (C=O) groups is 1. The number of halogens is 1. The largest absolute Gasteiger partial charge is 0.331 e. The van der Waals surface area contributed by atoms with Crippen LogP contribution in [0.5, 0.6) is 0 Å². The number of nitrogens with zero attached hydrogens (tertiary/aromatic N) is 1. The Morgan fingerprint density at radius 3 is 2.60 bits per heavy atom. The minimum atomic E-state index is -0.291. The summed E-state index contributed by atoms with van der Waals surface area (Å²) in [5, 5.41) is 8.74. The molecule has 3 rings (SSSR count). The van der Waals surface area contributed by atoms with Crippen LogP contribution in [0, 0.1) is 5.82 Å². The molecule has 2 aromatic carbocycles. The Balaban J connectivity index is 1.54. The van der Waals surface area contributed by atoms with E-state index in [0.717, 1.165) is 29.8 Å². The fraction of sp³-hybridized carbons (Fsp3) is 0.333. The summed E-state index contributed by atoms with van der Waals surface area (Å²) in [6.45, 7) is 2.20. The number of hydrogen-bond donors (Lipinski definition) is 2. The fourth-order valence-corrected chi connectivity index (χ4v) is 3.94. The van der Waals surface area contributed by atoms with E-state index in [4.69, 9.17) is 0 Å². The average molecular weight is 426 g/mol. The molecule has 158 valence electrons. The van der Waals surface area contributed by atoms with Crippen molar-refractivity contribution in [2.45, 2.75) is 51.9 Å². The molecule has 0 saturated heterocycles. The number of nitrogens with one attached hydrogen (secondary N) is 2.